The van der Waals surface area contributed by atoms with E-state index in [9.17, 15) is 9.59 Å². The lowest BCUT2D eigenvalue weighted by molar-refractivity contribution is -0.117. The van der Waals surface area contributed by atoms with Crippen LogP contribution in [0.25, 0.3) is 0 Å². The van der Waals surface area contributed by atoms with Crippen molar-refractivity contribution in [2.45, 2.75) is 58.4 Å². The lowest BCUT2D eigenvalue weighted by atomic mass is 10.1. The van der Waals surface area contributed by atoms with E-state index in [2.05, 4.69) is 27.0 Å². The highest BCUT2D eigenvalue weighted by atomic mass is 16.2. The molecule has 5 N–H and O–H groups in total. The van der Waals surface area contributed by atoms with Crippen LogP contribution < -0.4 is 21.7 Å². The Hall–Kier alpha value is -3.26. The molecule has 1 saturated carbocycles. The predicted octanol–water partition coefficient (Wildman–Crippen LogP) is 2.97. The van der Waals surface area contributed by atoms with Crippen molar-refractivity contribution in [2.24, 2.45) is 5.73 Å². The van der Waals surface area contributed by atoms with Crippen LogP contribution in [0.5, 0.6) is 0 Å². The highest BCUT2D eigenvalue weighted by molar-refractivity contribution is 5.96. The van der Waals surface area contributed by atoms with Gasteiger partial charge in [0.05, 0.1) is 11.4 Å². The van der Waals surface area contributed by atoms with Gasteiger partial charge < -0.3 is 21.7 Å². The normalized spacial score (nSPS) is 14.3. The quantitative estimate of drug-likeness (QED) is 0.291. The van der Waals surface area contributed by atoms with Crippen LogP contribution in [0, 0.1) is 0 Å². The second kappa shape index (κ2) is 11.6. The molecule has 176 valence electrons. The van der Waals surface area contributed by atoms with E-state index in [1.54, 1.807) is 6.08 Å². The maximum absolute atomic E-state index is 12.0. The van der Waals surface area contributed by atoms with Gasteiger partial charge in [0, 0.05) is 24.2 Å². The van der Waals surface area contributed by atoms with E-state index in [-0.39, 0.29) is 17.6 Å². The predicted molar refractivity (Wildman–Crippen MR) is 131 cm³/mol. The molecule has 0 saturated heterocycles. The molecule has 1 aromatic heterocycles. The number of aryl methyl sites for hydroxylation is 1. The van der Waals surface area contributed by atoms with Crippen LogP contribution in [-0.4, -0.2) is 40.9 Å². The second-order valence-electron chi connectivity index (χ2n) is 8.43. The number of rotatable bonds is 12. The molecule has 33 heavy (non-hydrogen) atoms. The van der Waals surface area contributed by atoms with Gasteiger partial charge in [-0.05, 0) is 69.8 Å². The number of benzene rings is 1. The maximum Gasteiger partial charge on any atom is 0.271 e. The summed E-state index contributed by atoms with van der Waals surface area (Å²) in [5, 5.41) is 9.54. The minimum atomic E-state index is -0.585. The molecule has 3 rings (SSSR count). The van der Waals surface area contributed by atoms with E-state index in [4.69, 9.17) is 10.7 Å². The molecule has 2 amide bonds. The van der Waals surface area contributed by atoms with E-state index in [1.165, 1.54) is 6.08 Å². The standard InChI is InChI=1S/C25H34N6O2/c1-4-7-21(32)28-16(3)15-27-13-12-17-8-6-9-19(14-17)29-25-23(24(26)33)30-20(5-2)22(31-25)18-10-11-18/h4,6-9,14,16,18,27H,5,10-13,15H2,1-3H3,(H2,26,33)(H,28,32)(H,29,31)/t16-/m1/s1. The highest BCUT2D eigenvalue weighted by Gasteiger charge is 2.30. The first-order valence-electron chi connectivity index (χ1n) is 11.6. The molecule has 8 nitrogen and oxygen atoms in total. The molecule has 0 aliphatic heterocycles. The number of nitrogens with one attached hydrogen (secondary N) is 3. The summed E-state index contributed by atoms with van der Waals surface area (Å²) >= 11 is 0. The molecule has 0 radical (unpaired) electrons. The van der Waals surface area contributed by atoms with Gasteiger partial charge in [0.15, 0.2) is 11.5 Å². The number of nitrogens with zero attached hydrogens (tertiary/aromatic N) is 2. The lowest BCUT2D eigenvalue weighted by Crippen LogP contribution is -2.39. The molecule has 1 aliphatic carbocycles. The third-order valence-electron chi connectivity index (χ3n) is 5.47. The van der Waals surface area contributed by atoms with Crippen molar-refractivity contribution in [2.75, 3.05) is 18.4 Å². The lowest BCUT2D eigenvalue weighted by Gasteiger charge is -2.15. The van der Waals surface area contributed by atoms with Crippen LogP contribution in [0.15, 0.2) is 36.4 Å². The molecule has 1 fully saturated rings. The minimum Gasteiger partial charge on any atom is -0.364 e. The number of aromatic nitrogens is 2. The summed E-state index contributed by atoms with van der Waals surface area (Å²) < 4.78 is 0. The summed E-state index contributed by atoms with van der Waals surface area (Å²) in [4.78, 5) is 32.9. The highest BCUT2D eigenvalue weighted by Crippen LogP contribution is 2.41. The van der Waals surface area contributed by atoms with Gasteiger partial charge in [-0.15, -0.1) is 0 Å². The number of hydrogen-bond acceptors (Lipinski definition) is 6. The Bertz CT molecular complexity index is 1020. The largest absolute Gasteiger partial charge is 0.364 e. The number of allylic oxidation sites excluding steroid dienone is 1. The number of carbonyl (C=O) groups excluding carboxylic acids is 2. The topological polar surface area (TPSA) is 122 Å². The van der Waals surface area contributed by atoms with E-state index in [0.29, 0.717) is 18.3 Å². The molecular weight excluding hydrogens is 416 g/mol. The summed E-state index contributed by atoms with van der Waals surface area (Å²) in [5.74, 6) is 0.180. The van der Waals surface area contributed by atoms with Crippen LogP contribution in [0.4, 0.5) is 11.5 Å². The van der Waals surface area contributed by atoms with E-state index in [0.717, 1.165) is 54.9 Å². The number of primary amides is 1. The SMILES string of the molecule is CC=CC(=O)N[C@H](C)CNCCc1cccc(Nc2nc(C3CC3)c(CC)nc2C(N)=O)c1. The van der Waals surface area contributed by atoms with Crippen LogP contribution in [-0.2, 0) is 17.6 Å². The summed E-state index contributed by atoms with van der Waals surface area (Å²) in [6.45, 7) is 7.26. The molecular formula is C25H34N6O2. The van der Waals surface area contributed by atoms with E-state index in [1.807, 2.05) is 39.0 Å². The Labute approximate surface area is 195 Å². The van der Waals surface area contributed by atoms with E-state index >= 15 is 0 Å². The molecule has 8 heteroatoms. The van der Waals surface area contributed by atoms with Crippen molar-refractivity contribution < 1.29 is 9.59 Å². The second-order valence-corrected chi connectivity index (χ2v) is 8.43. The number of nitrogens with two attached hydrogens (primary N) is 1. The summed E-state index contributed by atoms with van der Waals surface area (Å²) in [6, 6.07) is 8.04. The zero-order valence-corrected chi connectivity index (χ0v) is 19.6. The third-order valence-corrected chi connectivity index (χ3v) is 5.47. The molecule has 1 atom stereocenters. The average Bonchev–Trinajstić information content (AvgIpc) is 3.62. The summed E-state index contributed by atoms with van der Waals surface area (Å²) in [6.07, 6.45) is 7.00. The number of anilines is 2. The fraction of sp³-hybridized carbons (Fsp3) is 0.440. The number of hydrogen-bond donors (Lipinski definition) is 4. The van der Waals surface area contributed by atoms with Crippen molar-refractivity contribution >= 4 is 23.3 Å². The molecule has 1 aromatic carbocycles. The van der Waals surface area contributed by atoms with Crippen molar-refractivity contribution in [1.82, 2.24) is 20.6 Å². The number of carbonyl (C=O) groups is 2. The zero-order valence-electron chi connectivity index (χ0n) is 19.6. The molecule has 1 heterocycles. The van der Waals surface area contributed by atoms with Gasteiger partial charge in [0.1, 0.15) is 0 Å². The van der Waals surface area contributed by atoms with Crippen LogP contribution >= 0.6 is 0 Å². The van der Waals surface area contributed by atoms with Crippen molar-refractivity contribution in [1.29, 1.82) is 0 Å². The first kappa shape index (κ1) is 24.4. The first-order chi connectivity index (χ1) is 15.9. The Morgan fingerprint density at radius 3 is 2.73 bits per heavy atom. The van der Waals surface area contributed by atoms with Gasteiger partial charge in [-0.25, -0.2) is 9.97 Å². The van der Waals surface area contributed by atoms with Gasteiger partial charge in [-0.2, -0.15) is 0 Å². The fourth-order valence-electron chi connectivity index (χ4n) is 3.67. The Kier molecular flexibility index (Phi) is 8.54. The van der Waals surface area contributed by atoms with Gasteiger partial charge in [0.25, 0.3) is 5.91 Å². The monoisotopic (exact) mass is 450 g/mol. The smallest absolute Gasteiger partial charge is 0.271 e. The maximum atomic E-state index is 12.0. The van der Waals surface area contributed by atoms with E-state index < -0.39 is 5.91 Å². The average molecular weight is 451 g/mol. The van der Waals surface area contributed by atoms with Crippen molar-refractivity contribution in [3.8, 4) is 0 Å². The van der Waals surface area contributed by atoms with Gasteiger partial charge in [-0.1, -0.05) is 25.1 Å². The van der Waals surface area contributed by atoms with Crippen LogP contribution in [0.2, 0.25) is 0 Å². The van der Waals surface area contributed by atoms with Crippen molar-refractivity contribution in [3.05, 3.63) is 59.1 Å². The minimum absolute atomic E-state index is 0.0410. The number of amides is 2. The van der Waals surface area contributed by atoms with Gasteiger partial charge in [0.2, 0.25) is 5.91 Å². The molecule has 0 spiro atoms. The van der Waals surface area contributed by atoms with Gasteiger partial charge >= 0.3 is 0 Å². The molecule has 0 unspecified atom stereocenters. The van der Waals surface area contributed by atoms with Crippen molar-refractivity contribution in [3.63, 3.8) is 0 Å². The Morgan fingerprint density at radius 2 is 2.06 bits per heavy atom. The molecule has 1 aliphatic rings. The fourth-order valence-corrected chi connectivity index (χ4v) is 3.67. The Morgan fingerprint density at radius 1 is 1.27 bits per heavy atom. The molecule has 0 bridgehead atoms. The summed E-state index contributed by atoms with van der Waals surface area (Å²) in [5.41, 5.74) is 9.58. The zero-order chi connectivity index (χ0) is 23.8. The molecule has 2 aromatic rings. The van der Waals surface area contributed by atoms with Crippen LogP contribution in [0.1, 0.15) is 67.0 Å². The summed E-state index contributed by atoms with van der Waals surface area (Å²) in [7, 11) is 0. The first-order valence-corrected chi connectivity index (χ1v) is 11.6. The van der Waals surface area contributed by atoms with Crippen LogP contribution in [0.3, 0.4) is 0 Å². The van der Waals surface area contributed by atoms with Gasteiger partial charge in [-0.3, -0.25) is 9.59 Å². The third kappa shape index (κ3) is 7.12. The Balaban J connectivity index is 1.61.